The number of amides is 2. The van der Waals surface area contributed by atoms with Crippen LogP contribution in [-0.2, 0) is 14.3 Å². The highest BCUT2D eigenvalue weighted by Crippen LogP contribution is 2.57. The van der Waals surface area contributed by atoms with Crippen LogP contribution in [0.4, 0.5) is 11.4 Å². The van der Waals surface area contributed by atoms with E-state index in [1.165, 1.54) is 0 Å². The summed E-state index contributed by atoms with van der Waals surface area (Å²) in [5, 5.41) is 5.74. The quantitative estimate of drug-likeness (QED) is 0.687. The first kappa shape index (κ1) is 18.4. The Morgan fingerprint density at radius 1 is 1.00 bits per heavy atom. The van der Waals surface area contributed by atoms with E-state index in [1.807, 2.05) is 12.1 Å². The molecule has 0 unspecified atom stereocenters. The zero-order valence-corrected chi connectivity index (χ0v) is 17.0. The largest absolute Gasteiger partial charge is 0.462 e. The van der Waals surface area contributed by atoms with Crippen molar-refractivity contribution in [2.24, 2.45) is 23.7 Å². The van der Waals surface area contributed by atoms with Crippen molar-refractivity contribution in [3.63, 3.8) is 0 Å². The number of carbonyl (C=O) groups is 3. The minimum Gasteiger partial charge on any atom is -0.462 e. The van der Waals surface area contributed by atoms with Crippen molar-refractivity contribution in [2.75, 3.05) is 10.6 Å². The molecule has 3 aliphatic rings. The standard InChI is InChI=1S/C22H19BrN2O4/c23-13-4-6-14(7-5-13)24-20(26)11-2-1-3-15(8-11)25-21(27)18-12-9-16-17(10-12)29-22(28)19(16)18/h1-8,12,16-19H,9-10H2,(H,24,26)(H,25,27)/t12-,16+,17-,18+,19+/m1/s1. The molecule has 2 N–H and O–H groups in total. The molecule has 2 aliphatic carbocycles. The highest BCUT2D eigenvalue weighted by atomic mass is 79.9. The third-order valence-electron chi connectivity index (χ3n) is 6.28. The Balaban J connectivity index is 1.29. The van der Waals surface area contributed by atoms with Crippen LogP contribution in [0.25, 0.3) is 0 Å². The lowest BCUT2D eigenvalue weighted by Crippen LogP contribution is -2.35. The highest BCUT2D eigenvalue weighted by molar-refractivity contribution is 9.10. The lowest BCUT2D eigenvalue weighted by molar-refractivity contribution is -0.145. The monoisotopic (exact) mass is 454 g/mol. The second-order valence-electron chi connectivity index (χ2n) is 7.95. The van der Waals surface area contributed by atoms with Crippen LogP contribution >= 0.6 is 15.9 Å². The van der Waals surface area contributed by atoms with Crippen LogP contribution < -0.4 is 10.6 Å². The lowest BCUT2D eigenvalue weighted by Gasteiger charge is -2.23. The Bertz CT molecular complexity index is 1000. The van der Waals surface area contributed by atoms with Gasteiger partial charge in [0.05, 0.1) is 11.8 Å². The molecule has 1 aliphatic heterocycles. The average Bonchev–Trinajstić information content (AvgIpc) is 3.32. The van der Waals surface area contributed by atoms with Crippen LogP contribution in [0.2, 0.25) is 0 Å². The van der Waals surface area contributed by atoms with Crippen LogP contribution in [0.5, 0.6) is 0 Å². The van der Waals surface area contributed by atoms with E-state index in [2.05, 4.69) is 26.6 Å². The van der Waals surface area contributed by atoms with Crippen LogP contribution in [0.15, 0.2) is 53.0 Å². The molecule has 1 saturated heterocycles. The second-order valence-corrected chi connectivity index (χ2v) is 8.87. The first-order chi connectivity index (χ1) is 14.0. The zero-order chi connectivity index (χ0) is 20.1. The van der Waals surface area contributed by atoms with Gasteiger partial charge in [0.25, 0.3) is 5.91 Å². The van der Waals surface area contributed by atoms with Crippen LogP contribution in [0.3, 0.4) is 0 Å². The van der Waals surface area contributed by atoms with E-state index < -0.39 is 0 Å². The summed E-state index contributed by atoms with van der Waals surface area (Å²) in [6.45, 7) is 0. The van der Waals surface area contributed by atoms with Gasteiger partial charge in [-0.05, 0) is 61.2 Å². The molecule has 1 heterocycles. The second kappa shape index (κ2) is 6.99. The number of ether oxygens (including phenoxy) is 1. The Kier molecular flexibility index (Phi) is 4.42. The Morgan fingerprint density at radius 3 is 2.59 bits per heavy atom. The van der Waals surface area contributed by atoms with E-state index in [1.54, 1.807) is 36.4 Å². The molecular weight excluding hydrogens is 436 g/mol. The van der Waals surface area contributed by atoms with E-state index in [9.17, 15) is 14.4 Å². The summed E-state index contributed by atoms with van der Waals surface area (Å²) in [6.07, 6.45) is 1.67. The first-order valence-corrected chi connectivity index (χ1v) is 10.5. The van der Waals surface area contributed by atoms with Crippen molar-refractivity contribution >= 4 is 45.1 Å². The maximum absolute atomic E-state index is 12.9. The maximum Gasteiger partial charge on any atom is 0.310 e. The number of esters is 1. The fraction of sp³-hybridized carbons (Fsp3) is 0.318. The van der Waals surface area contributed by atoms with Gasteiger partial charge in [0, 0.05) is 27.3 Å². The van der Waals surface area contributed by atoms with Gasteiger partial charge in [-0.2, -0.15) is 0 Å². The topological polar surface area (TPSA) is 84.5 Å². The summed E-state index contributed by atoms with van der Waals surface area (Å²) >= 11 is 3.36. The normalized spacial score (nSPS) is 28.9. The molecule has 29 heavy (non-hydrogen) atoms. The predicted octanol–water partition coefficient (Wildman–Crippen LogP) is 3.84. The zero-order valence-electron chi connectivity index (χ0n) is 15.4. The number of anilines is 2. The van der Waals surface area contributed by atoms with Gasteiger partial charge in [0.1, 0.15) is 6.10 Å². The Labute approximate surface area is 176 Å². The lowest BCUT2D eigenvalue weighted by atomic mass is 9.79. The van der Waals surface area contributed by atoms with Gasteiger partial charge in [0.15, 0.2) is 0 Å². The van der Waals surface area contributed by atoms with Crippen molar-refractivity contribution < 1.29 is 19.1 Å². The molecule has 3 fully saturated rings. The maximum atomic E-state index is 12.9. The third kappa shape index (κ3) is 3.23. The molecule has 2 aromatic rings. The first-order valence-electron chi connectivity index (χ1n) is 9.68. The summed E-state index contributed by atoms with van der Waals surface area (Å²) in [5.74, 6) is -0.927. The minimum atomic E-state index is -0.341. The summed E-state index contributed by atoms with van der Waals surface area (Å²) in [4.78, 5) is 37.6. The number of rotatable bonds is 4. The van der Waals surface area contributed by atoms with Gasteiger partial charge in [-0.25, -0.2) is 0 Å². The molecule has 6 nitrogen and oxygen atoms in total. The molecular formula is C22H19BrN2O4. The van der Waals surface area contributed by atoms with E-state index in [-0.39, 0.29) is 47.6 Å². The molecule has 0 aromatic heterocycles. The molecule has 0 radical (unpaired) electrons. The van der Waals surface area contributed by atoms with Crippen LogP contribution in [0, 0.1) is 23.7 Å². The molecule has 2 saturated carbocycles. The molecule has 7 heteroatoms. The summed E-state index contributed by atoms with van der Waals surface area (Å²) in [5.41, 5.74) is 1.67. The summed E-state index contributed by atoms with van der Waals surface area (Å²) in [7, 11) is 0. The number of halogens is 1. The number of hydrogen-bond acceptors (Lipinski definition) is 4. The van der Waals surface area contributed by atoms with E-state index in [0.717, 1.165) is 17.3 Å². The molecule has 5 rings (SSSR count). The summed E-state index contributed by atoms with van der Waals surface area (Å²) < 4.78 is 6.34. The van der Waals surface area contributed by atoms with E-state index in [0.29, 0.717) is 16.9 Å². The van der Waals surface area contributed by atoms with E-state index >= 15 is 0 Å². The van der Waals surface area contributed by atoms with Gasteiger partial charge in [-0.15, -0.1) is 0 Å². The van der Waals surface area contributed by atoms with Crippen LogP contribution in [0.1, 0.15) is 23.2 Å². The van der Waals surface area contributed by atoms with Crippen LogP contribution in [-0.4, -0.2) is 23.9 Å². The summed E-state index contributed by atoms with van der Waals surface area (Å²) in [6, 6.07) is 14.1. The molecule has 148 valence electrons. The van der Waals surface area contributed by atoms with Crippen molar-refractivity contribution in [1.29, 1.82) is 0 Å². The fourth-order valence-corrected chi connectivity index (χ4v) is 5.33. The van der Waals surface area contributed by atoms with Crippen molar-refractivity contribution in [1.82, 2.24) is 0 Å². The van der Waals surface area contributed by atoms with Gasteiger partial charge in [-0.3, -0.25) is 14.4 Å². The fourth-order valence-electron chi connectivity index (χ4n) is 5.06. The number of benzene rings is 2. The minimum absolute atomic E-state index is 0.00665. The van der Waals surface area contributed by atoms with Gasteiger partial charge < -0.3 is 15.4 Å². The molecule has 2 aromatic carbocycles. The van der Waals surface area contributed by atoms with Crippen molar-refractivity contribution in [3.05, 3.63) is 58.6 Å². The Hall–Kier alpha value is -2.67. The number of carbonyl (C=O) groups excluding carboxylic acids is 3. The molecule has 2 amide bonds. The average molecular weight is 455 g/mol. The van der Waals surface area contributed by atoms with Gasteiger partial charge in [0.2, 0.25) is 5.91 Å². The molecule has 0 spiro atoms. The van der Waals surface area contributed by atoms with E-state index in [4.69, 9.17) is 4.74 Å². The number of nitrogens with one attached hydrogen (secondary N) is 2. The van der Waals surface area contributed by atoms with Crippen molar-refractivity contribution in [3.8, 4) is 0 Å². The number of hydrogen-bond donors (Lipinski definition) is 2. The van der Waals surface area contributed by atoms with Gasteiger partial charge >= 0.3 is 5.97 Å². The third-order valence-corrected chi connectivity index (χ3v) is 6.81. The predicted molar refractivity (Wildman–Crippen MR) is 110 cm³/mol. The smallest absolute Gasteiger partial charge is 0.310 e. The SMILES string of the molecule is O=C(Nc1ccc(Br)cc1)c1cccc(NC(=O)[C@H]2[C@@H]3C[C@@H]4[C@@H]2C(=O)O[C@@H]4C3)c1. The van der Waals surface area contributed by atoms with Crippen molar-refractivity contribution in [2.45, 2.75) is 18.9 Å². The Morgan fingerprint density at radius 2 is 1.79 bits per heavy atom. The number of fused-ring (bicyclic) bond motifs is 1. The highest BCUT2D eigenvalue weighted by Gasteiger charge is 2.63. The van der Waals surface area contributed by atoms with Gasteiger partial charge in [-0.1, -0.05) is 22.0 Å². The molecule has 5 atom stereocenters. The molecule has 2 bridgehead atoms.